The molecule has 11 rings (SSSR count). The number of rotatable bonds is 3. The Labute approximate surface area is 317 Å². The van der Waals surface area contributed by atoms with Crippen molar-refractivity contribution in [2.24, 2.45) is 0 Å². The Morgan fingerprint density at radius 2 is 0.722 bits per heavy atom. The van der Waals surface area contributed by atoms with Gasteiger partial charge in [-0.15, -0.1) is 0 Å². The Hall–Kier alpha value is -6.18. The van der Waals surface area contributed by atoms with Crippen LogP contribution >= 0.6 is 0 Å². The van der Waals surface area contributed by atoms with Gasteiger partial charge in [0.25, 0.3) is 0 Å². The number of nitrogens with zero attached hydrogens (tertiary/aromatic N) is 1. The van der Waals surface area contributed by atoms with Gasteiger partial charge in [0.15, 0.2) is 0 Å². The molecule has 1 heteroatoms. The molecule has 2 aliphatic rings. The molecule has 0 atom stereocenters. The van der Waals surface area contributed by atoms with Crippen LogP contribution in [0, 0.1) is 6.92 Å². The summed E-state index contributed by atoms with van der Waals surface area (Å²) in [5, 5.41) is 10.5. The molecule has 258 valence electrons. The molecule has 0 bridgehead atoms. The van der Waals surface area contributed by atoms with Gasteiger partial charge in [0.1, 0.15) is 0 Å². The first kappa shape index (κ1) is 31.4. The van der Waals surface area contributed by atoms with Crippen LogP contribution in [0.5, 0.6) is 0 Å². The predicted octanol–water partition coefficient (Wildman–Crippen LogP) is 14.7. The van der Waals surface area contributed by atoms with E-state index < -0.39 is 0 Å². The second kappa shape index (κ2) is 10.9. The van der Waals surface area contributed by atoms with Crippen LogP contribution in [0.15, 0.2) is 158 Å². The van der Waals surface area contributed by atoms with Crippen molar-refractivity contribution in [3.8, 4) is 22.3 Å². The maximum absolute atomic E-state index is 2.45. The van der Waals surface area contributed by atoms with Gasteiger partial charge in [0.2, 0.25) is 0 Å². The van der Waals surface area contributed by atoms with Gasteiger partial charge in [0, 0.05) is 27.9 Å². The van der Waals surface area contributed by atoms with Crippen LogP contribution in [0.4, 0.5) is 17.1 Å². The minimum absolute atomic E-state index is 0.124. The molecule has 54 heavy (non-hydrogen) atoms. The van der Waals surface area contributed by atoms with Crippen molar-refractivity contribution in [2.75, 3.05) is 4.90 Å². The molecule has 0 amide bonds. The molecular formula is C53H41N. The molecule has 0 fully saturated rings. The van der Waals surface area contributed by atoms with Crippen LogP contribution in [-0.4, -0.2) is 0 Å². The molecule has 0 aliphatic heterocycles. The molecule has 9 aromatic rings. The Morgan fingerprint density at radius 3 is 1.17 bits per heavy atom. The molecule has 2 aliphatic carbocycles. The van der Waals surface area contributed by atoms with E-state index in [1.807, 2.05) is 0 Å². The van der Waals surface area contributed by atoms with E-state index in [0.29, 0.717) is 0 Å². The summed E-state index contributed by atoms with van der Waals surface area (Å²) in [4.78, 5) is 2.45. The maximum atomic E-state index is 2.45. The molecule has 1 nitrogen and oxygen atoms in total. The Balaban J connectivity index is 1.07. The minimum Gasteiger partial charge on any atom is -0.310 e. The summed E-state index contributed by atoms with van der Waals surface area (Å²) in [5.41, 5.74) is 15.7. The summed E-state index contributed by atoms with van der Waals surface area (Å²) < 4.78 is 0. The lowest BCUT2D eigenvalue weighted by atomic mass is 9.78. The first-order chi connectivity index (χ1) is 26.2. The van der Waals surface area contributed by atoms with E-state index in [0.717, 1.165) is 11.4 Å². The van der Waals surface area contributed by atoms with Crippen molar-refractivity contribution < 1.29 is 0 Å². The highest BCUT2D eigenvalue weighted by Crippen LogP contribution is 2.56. The lowest BCUT2D eigenvalue weighted by Crippen LogP contribution is -2.16. The zero-order valence-electron chi connectivity index (χ0n) is 31.5. The minimum atomic E-state index is -0.124. The van der Waals surface area contributed by atoms with E-state index in [2.05, 4.69) is 197 Å². The zero-order valence-corrected chi connectivity index (χ0v) is 31.5. The van der Waals surface area contributed by atoms with E-state index in [1.165, 1.54) is 98.8 Å². The fourth-order valence-electron chi connectivity index (χ4n) is 10.5. The standard InChI is InChI=1S/C53H41N/c1-32-12-6-11-17-47(32)54(37-22-28-41-35(30-37)20-26-45-43-24-18-33-13-7-9-15-39(33)48(43)52(2,3)50(41)45)38-23-29-42-36(31-38)21-27-46-44-25-19-34-14-8-10-16-40(34)49(44)53(4,5)51(42)46/h6-31H,1-5H3. The number of aryl methyl sites for hydroxylation is 1. The molecule has 0 radical (unpaired) electrons. The fraction of sp³-hybridized carbons (Fsp3) is 0.132. The van der Waals surface area contributed by atoms with Gasteiger partial charge in [-0.1, -0.05) is 155 Å². The summed E-state index contributed by atoms with van der Waals surface area (Å²) in [6.07, 6.45) is 0. The van der Waals surface area contributed by atoms with Gasteiger partial charge in [-0.25, -0.2) is 0 Å². The molecular weight excluding hydrogens is 651 g/mol. The van der Waals surface area contributed by atoms with Crippen LogP contribution in [0.1, 0.15) is 55.5 Å². The summed E-state index contributed by atoms with van der Waals surface area (Å²) in [6.45, 7) is 11.9. The van der Waals surface area contributed by atoms with Gasteiger partial charge in [0.05, 0.1) is 0 Å². The Morgan fingerprint density at radius 1 is 0.352 bits per heavy atom. The van der Waals surface area contributed by atoms with Crippen molar-refractivity contribution in [3.63, 3.8) is 0 Å². The third-order valence-electron chi connectivity index (χ3n) is 12.8. The third kappa shape index (κ3) is 4.16. The van der Waals surface area contributed by atoms with Crippen molar-refractivity contribution >= 4 is 60.2 Å². The zero-order chi connectivity index (χ0) is 36.5. The quantitative estimate of drug-likeness (QED) is 0.178. The predicted molar refractivity (Wildman–Crippen MR) is 231 cm³/mol. The summed E-state index contributed by atoms with van der Waals surface area (Å²) in [5.74, 6) is 0. The smallest absolute Gasteiger partial charge is 0.0490 e. The fourth-order valence-corrected chi connectivity index (χ4v) is 10.5. The van der Waals surface area contributed by atoms with Crippen LogP contribution in [0.25, 0.3) is 65.3 Å². The number of fused-ring (bicyclic) bond motifs is 14. The molecule has 0 saturated heterocycles. The van der Waals surface area contributed by atoms with E-state index >= 15 is 0 Å². The van der Waals surface area contributed by atoms with Crippen molar-refractivity contribution in [3.05, 3.63) is 186 Å². The number of para-hydroxylation sites is 1. The van der Waals surface area contributed by atoms with Gasteiger partial charge >= 0.3 is 0 Å². The molecule has 0 spiro atoms. The third-order valence-corrected chi connectivity index (χ3v) is 12.8. The molecule has 0 heterocycles. The van der Waals surface area contributed by atoms with Gasteiger partial charge in [-0.3, -0.25) is 0 Å². The van der Waals surface area contributed by atoms with E-state index in [9.17, 15) is 0 Å². The van der Waals surface area contributed by atoms with E-state index in [1.54, 1.807) is 0 Å². The second-order valence-corrected chi connectivity index (χ2v) is 16.6. The number of benzene rings is 9. The highest BCUT2D eigenvalue weighted by Gasteiger charge is 2.39. The van der Waals surface area contributed by atoms with Crippen LogP contribution in [-0.2, 0) is 10.8 Å². The van der Waals surface area contributed by atoms with Crippen molar-refractivity contribution in [2.45, 2.75) is 45.4 Å². The average Bonchev–Trinajstić information content (AvgIpc) is 3.58. The normalized spacial score (nSPS) is 14.7. The van der Waals surface area contributed by atoms with Crippen molar-refractivity contribution in [1.29, 1.82) is 0 Å². The first-order valence-electron chi connectivity index (χ1n) is 19.3. The molecule has 9 aromatic carbocycles. The summed E-state index contributed by atoms with van der Waals surface area (Å²) >= 11 is 0. The lowest BCUT2D eigenvalue weighted by molar-refractivity contribution is 0.672. The lowest BCUT2D eigenvalue weighted by Gasteiger charge is -2.29. The molecule has 0 aromatic heterocycles. The number of hydrogen-bond acceptors (Lipinski definition) is 1. The summed E-state index contributed by atoms with van der Waals surface area (Å²) in [7, 11) is 0. The number of anilines is 3. The monoisotopic (exact) mass is 691 g/mol. The second-order valence-electron chi connectivity index (χ2n) is 16.6. The topological polar surface area (TPSA) is 3.24 Å². The van der Waals surface area contributed by atoms with Gasteiger partial charge in [-0.2, -0.15) is 0 Å². The van der Waals surface area contributed by atoms with Gasteiger partial charge < -0.3 is 4.90 Å². The van der Waals surface area contributed by atoms with Crippen LogP contribution < -0.4 is 4.90 Å². The van der Waals surface area contributed by atoms with Crippen molar-refractivity contribution in [1.82, 2.24) is 0 Å². The maximum Gasteiger partial charge on any atom is 0.0490 e. The highest BCUT2D eigenvalue weighted by atomic mass is 15.1. The largest absolute Gasteiger partial charge is 0.310 e. The van der Waals surface area contributed by atoms with Crippen LogP contribution in [0.3, 0.4) is 0 Å². The van der Waals surface area contributed by atoms with E-state index in [-0.39, 0.29) is 10.8 Å². The van der Waals surface area contributed by atoms with Gasteiger partial charge in [-0.05, 0) is 130 Å². The average molecular weight is 692 g/mol. The van der Waals surface area contributed by atoms with Crippen LogP contribution in [0.2, 0.25) is 0 Å². The summed E-state index contributed by atoms with van der Waals surface area (Å²) in [6, 6.07) is 59.3. The molecule has 0 saturated carbocycles. The number of hydrogen-bond donors (Lipinski definition) is 0. The molecule has 0 N–H and O–H groups in total. The first-order valence-corrected chi connectivity index (χ1v) is 19.3. The SMILES string of the molecule is Cc1ccccc1N(c1ccc2c3c(ccc2c1)-c1ccc2ccccc2c1C3(C)C)c1ccc2c3c(ccc2c1)-c1ccc2ccccc2c1C3(C)C. The van der Waals surface area contributed by atoms with E-state index in [4.69, 9.17) is 0 Å². The Bertz CT molecular complexity index is 2880. The Kier molecular flexibility index (Phi) is 6.35. The highest BCUT2D eigenvalue weighted by molar-refractivity contribution is 6.06. The molecule has 0 unspecified atom stereocenters.